The van der Waals surface area contributed by atoms with Gasteiger partial charge in [-0.3, -0.25) is 4.31 Å². The average molecular weight is 421 g/mol. The topological polar surface area (TPSA) is 70.4 Å². The second-order valence-electron chi connectivity index (χ2n) is 5.12. The highest BCUT2D eigenvalue weighted by molar-refractivity contribution is 9.10. The summed E-state index contributed by atoms with van der Waals surface area (Å²) in [4.78, 5) is 0.142. The van der Waals surface area contributed by atoms with Crippen molar-refractivity contribution in [3.05, 3.63) is 65.2 Å². The number of nitrogens with zero attached hydrogens (tertiary/aromatic N) is 2. The Labute approximate surface area is 156 Å². The van der Waals surface area contributed by atoms with E-state index in [1.807, 2.05) is 0 Å². The van der Waals surface area contributed by atoms with Gasteiger partial charge in [-0.2, -0.15) is 5.26 Å². The molecule has 0 saturated heterocycles. The van der Waals surface area contributed by atoms with Gasteiger partial charge in [0.2, 0.25) is 0 Å². The zero-order valence-corrected chi connectivity index (χ0v) is 16.0. The van der Waals surface area contributed by atoms with Crippen molar-refractivity contribution in [2.45, 2.75) is 11.3 Å². The number of methoxy groups -OCH3 is 1. The van der Waals surface area contributed by atoms with E-state index in [-0.39, 0.29) is 17.9 Å². The number of sulfonamides is 1. The van der Waals surface area contributed by atoms with Gasteiger partial charge in [-0.25, -0.2) is 8.42 Å². The molecule has 0 amide bonds. The highest BCUT2D eigenvalue weighted by Crippen LogP contribution is 2.30. The summed E-state index contributed by atoms with van der Waals surface area (Å²) < 4.78 is 33.1. The lowest BCUT2D eigenvalue weighted by Gasteiger charge is -2.23. The molecular formula is C18H17BrN2O3S. The minimum Gasteiger partial charge on any atom is -0.496 e. The van der Waals surface area contributed by atoms with E-state index in [2.05, 4.69) is 28.6 Å². The van der Waals surface area contributed by atoms with Crippen molar-refractivity contribution in [3.63, 3.8) is 0 Å². The average Bonchev–Trinajstić information content (AvgIpc) is 2.60. The predicted molar refractivity (Wildman–Crippen MR) is 101 cm³/mol. The van der Waals surface area contributed by atoms with Crippen LogP contribution < -0.4 is 9.04 Å². The molecule has 0 spiro atoms. The Bertz CT molecular complexity index is 903. The predicted octanol–water partition coefficient (Wildman–Crippen LogP) is 3.91. The molecule has 7 heteroatoms. The number of halogens is 1. The van der Waals surface area contributed by atoms with Gasteiger partial charge in [0.1, 0.15) is 5.75 Å². The van der Waals surface area contributed by atoms with E-state index >= 15 is 0 Å². The molecule has 2 aromatic carbocycles. The molecule has 0 unspecified atom stereocenters. The summed E-state index contributed by atoms with van der Waals surface area (Å²) in [5, 5.41) is 8.74. The standard InChI is InChI=1S/C18H17BrN2O3S/c1-3-12-21(15-6-4-14(5-7-15)10-11-20)25(22,23)16-8-9-18(24-2)17(19)13-16/h3-9,13H,1,10,12H2,2H3. The van der Waals surface area contributed by atoms with E-state index in [0.717, 1.165) is 5.56 Å². The highest BCUT2D eigenvalue weighted by Gasteiger charge is 2.25. The molecule has 5 nitrogen and oxygen atoms in total. The molecule has 0 aromatic heterocycles. The molecule has 0 saturated carbocycles. The molecule has 0 heterocycles. The van der Waals surface area contributed by atoms with Crippen molar-refractivity contribution in [1.29, 1.82) is 5.26 Å². The summed E-state index contributed by atoms with van der Waals surface area (Å²) in [5.41, 5.74) is 1.34. The quantitative estimate of drug-likeness (QED) is 0.636. The molecule has 2 aromatic rings. The summed E-state index contributed by atoms with van der Waals surface area (Å²) in [6.45, 7) is 3.78. The molecule has 0 radical (unpaired) electrons. The molecule has 0 N–H and O–H groups in total. The number of nitriles is 1. The van der Waals surface area contributed by atoms with Gasteiger partial charge in [0.05, 0.1) is 41.2 Å². The summed E-state index contributed by atoms with van der Waals surface area (Å²) in [6.07, 6.45) is 1.80. The normalized spacial score (nSPS) is 10.8. The molecule has 0 fully saturated rings. The minimum atomic E-state index is -3.78. The number of ether oxygens (including phenoxy) is 1. The molecule has 0 bridgehead atoms. The SMILES string of the molecule is C=CCN(c1ccc(CC#N)cc1)S(=O)(=O)c1ccc(OC)c(Br)c1. The number of hydrogen-bond acceptors (Lipinski definition) is 4. The van der Waals surface area contributed by atoms with Crippen LogP contribution in [0.1, 0.15) is 5.56 Å². The first-order valence-electron chi connectivity index (χ1n) is 7.37. The van der Waals surface area contributed by atoms with E-state index < -0.39 is 10.0 Å². The summed E-state index contributed by atoms with van der Waals surface area (Å²) in [6, 6.07) is 13.5. The Kier molecular flexibility index (Phi) is 6.23. The van der Waals surface area contributed by atoms with E-state index in [0.29, 0.717) is 15.9 Å². The maximum Gasteiger partial charge on any atom is 0.264 e. The zero-order chi connectivity index (χ0) is 18.4. The number of rotatable bonds is 7. The Morgan fingerprint density at radius 1 is 1.28 bits per heavy atom. The van der Waals surface area contributed by atoms with Gasteiger partial charge >= 0.3 is 0 Å². The first-order chi connectivity index (χ1) is 11.9. The van der Waals surface area contributed by atoms with Crippen LogP contribution in [0, 0.1) is 11.3 Å². The highest BCUT2D eigenvalue weighted by atomic mass is 79.9. The Balaban J connectivity index is 2.45. The third-order valence-electron chi connectivity index (χ3n) is 3.51. The van der Waals surface area contributed by atoms with Gasteiger partial charge in [0, 0.05) is 0 Å². The summed E-state index contributed by atoms with van der Waals surface area (Å²) in [7, 11) is -2.26. The van der Waals surface area contributed by atoms with Crippen LogP contribution in [0.5, 0.6) is 5.75 Å². The molecule has 0 atom stereocenters. The second kappa shape index (κ2) is 8.19. The third-order valence-corrected chi connectivity index (χ3v) is 5.92. The van der Waals surface area contributed by atoms with Crippen molar-refractivity contribution in [1.82, 2.24) is 0 Å². The van der Waals surface area contributed by atoms with Gasteiger partial charge in [-0.15, -0.1) is 6.58 Å². The zero-order valence-electron chi connectivity index (χ0n) is 13.6. The molecule has 130 valence electrons. The molecular weight excluding hydrogens is 404 g/mol. The Morgan fingerprint density at radius 3 is 2.48 bits per heavy atom. The van der Waals surface area contributed by atoms with E-state index in [4.69, 9.17) is 10.00 Å². The monoisotopic (exact) mass is 420 g/mol. The van der Waals surface area contributed by atoms with Crippen LogP contribution in [0.2, 0.25) is 0 Å². The minimum absolute atomic E-state index is 0.129. The smallest absolute Gasteiger partial charge is 0.264 e. The largest absolute Gasteiger partial charge is 0.496 e. The molecule has 25 heavy (non-hydrogen) atoms. The van der Waals surface area contributed by atoms with Gasteiger partial charge in [-0.05, 0) is 51.8 Å². The molecule has 2 rings (SSSR count). The van der Waals surface area contributed by atoms with Crippen LogP contribution in [0.25, 0.3) is 0 Å². The molecule has 0 aliphatic carbocycles. The van der Waals surface area contributed by atoms with E-state index in [1.54, 1.807) is 30.3 Å². The second-order valence-corrected chi connectivity index (χ2v) is 7.84. The maximum atomic E-state index is 13.0. The molecule has 0 aliphatic heterocycles. The van der Waals surface area contributed by atoms with Crippen molar-refractivity contribution in [2.24, 2.45) is 0 Å². The lowest BCUT2D eigenvalue weighted by molar-refractivity contribution is 0.411. The van der Waals surface area contributed by atoms with Crippen molar-refractivity contribution in [3.8, 4) is 11.8 Å². The van der Waals surface area contributed by atoms with E-state index in [9.17, 15) is 8.42 Å². The van der Waals surface area contributed by atoms with Crippen LogP contribution in [0.15, 0.2) is 64.5 Å². The van der Waals surface area contributed by atoms with Gasteiger partial charge < -0.3 is 4.74 Å². The lowest BCUT2D eigenvalue weighted by atomic mass is 10.1. The summed E-state index contributed by atoms with van der Waals surface area (Å²) in [5.74, 6) is 0.551. The fraction of sp³-hybridized carbons (Fsp3) is 0.167. The fourth-order valence-electron chi connectivity index (χ4n) is 2.27. The van der Waals surface area contributed by atoms with Crippen LogP contribution in [0.3, 0.4) is 0 Å². The number of anilines is 1. The summed E-state index contributed by atoms with van der Waals surface area (Å²) >= 11 is 3.31. The maximum absolute atomic E-state index is 13.0. The van der Waals surface area contributed by atoms with Crippen LogP contribution in [0.4, 0.5) is 5.69 Å². The first-order valence-corrected chi connectivity index (χ1v) is 9.60. The van der Waals surface area contributed by atoms with Gasteiger partial charge in [0.25, 0.3) is 10.0 Å². The van der Waals surface area contributed by atoms with Crippen molar-refractivity contribution >= 4 is 31.6 Å². The van der Waals surface area contributed by atoms with Crippen molar-refractivity contribution < 1.29 is 13.2 Å². The van der Waals surface area contributed by atoms with Crippen LogP contribution in [-0.2, 0) is 16.4 Å². The van der Waals surface area contributed by atoms with Crippen LogP contribution >= 0.6 is 15.9 Å². The van der Waals surface area contributed by atoms with Gasteiger partial charge in [0.15, 0.2) is 0 Å². The fourth-order valence-corrected chi connectivity index (χ4v) is 4.42. The Hall–Kier alpha value is -2.30. The van der Waals surface area contributed by atoms with Crippen LogP contribution in [-0.4, -0.2) is 22.1 Å². The first kappa shape index (κ1) is 19.0. The van der Waals surface area contributed by atoms with Gasteiger partial charge in [-0.1, -0.05) is 18.2 Å². The number of hydrogen-bond donors (Lipinski definition) is 0. The van der Waals surface area contributed by atoms with E-state index in [1.165, 1.54) is 29.6 Å². The Morgan fingerprint density at radius 2 is 1.96 bits per heavy atom. The molecule has 0 aliphatic rings. The third kappa shape index (κ3) is 4.21. The lowest BCUT2D eigenvalue weighted by Crippen LogP contribution is -2.31. The number of benzene rings is 2. The van der Waals surface area contributed by atoms with Crippen molar-refractivity contribution in [2.75, 3.05) is 18.0 Å².